The molecule has 1 amide bonds. The molecule has 1 aromatic rings. The van der Waals surface area contributed by atoms with Crippen molar-refractivity contribution in [1.29, 1.82) is 0 Å². The van der Waals surface area contributed by atoms with Gasteiger partial charge in [0.15, 0.2) is 0 Å². The molecule has 0 saturated heterocycles. The highest BCUT2D eigenvalue weighted by molar-refractivity contribution is 5.85. The van der Waals surface area contributed by atoms with Crippen LogP contribution in [0.5, 0.6) is 5.75 Å². The Morgan fingerprint density at radius 2 is 1.79 bits per heavy atom. The molecule has 1 aromatic carbocycles. The molecule has 0 fully saturated rings. The van der Waals surface area contributed by atoms with Crippen molar-refractivity contribution in [3.05, 3.63) is 29.8 Å². The fourth-order valence-electron chi connectivity index (χ4n) is 2.05. The van der Waals surface area contributed by atoms with Gasteiger partial charge in [-0.25, -0.2) is 0 Å². The van der Waals surface area contributed by atoms with E-state index in [1.54, 1.807) is 6.07 Å². The molecule has 0 atom stereocenters. The zero-order valence-corrected chi connectivity index (χ0v) is 14.6. The van der Waals surface area contributed by atoms with Crippen LogP contribution < -0.4 is 15.8 Å². The second-order valence-corrected chi connectivity index (χ2v) is 5.50. The van der Waals surface area contributed by atoms with Crippen molar-refractivity contribution in [2.24, 2.45) is 5.73 Å². The Hall–Kier alpha value is -1.47. The van der Waals surface area contributed by atoms with Crippen LogP contribution in [-0.4, -0.2) is 24.4 Å². The van der Waals surface area contributed by atoms with E-state index in [0.717, 1.165) is 12.8 Å². The molecule has 8 heteroatoms. The molecule has 0 aliphatic heterocycles. The van der Waals surface area contributed by atoms with Crippen LogP contribution in [0.25, 0.3) is 0 Å². The summed E-state index contributed by atoms with van der Waals surface area (Å²) in [5, 5.41) is 2.74. The van der Waals surface area contributed by atoms with Gasteiger partial charge in [0.2, 0.25) is 5.91 Å². The highest BCUT2D eigenvalue weighted by Crippen LogP contribution is 2.26. The number of amides is 1. The van der Waals surface area contributed by atoms with E-state index in [-0.39, 0.29) is 36.9 Å². The number of nitrogens with one attached hydrogen (secondary N) is 1. The minimum absolute atomic E-state index is 0. The fourth-order valence-corrected chi connectivity index (χ4v) is 2.05. The first kappa shape index (κ1) is 22.5. The van der Waals surface area contributed by atoms with Gasteiger partial charge in [0.05, 0.1) is 0 Å². The van der Waals surface area contributed by atoms with Crippen LogP contribution in [0.3, 0.4) is 0 Å². The maximum Gasteiger partial charge on any atom is 0.573 e. The lowest BCUT2D eigenvalue weighted by Crippen LogP contribution is -2.49. The zero-order chi connectivity index (χ0) is 17.5. The van der Waals surface area contributed by atoms with Gasteiger partial charge in [-0.2, -0.15) is 0 Å². The van der Waals surface area contributed by atoms with E-state index in [0.29, 0.717) is 12.1 Å². The number of hydrogen-bond acceptors (Lipinski definition) is 3. The molecule has 138 valence electrons. The van der Waals surface area contributed by atoms with Gasteiger partial charge in [-0.1, -0.05) is 32.0 Å². The predicted molar refractivity (Wildman–Crippen MR) is 89.2 cm³/mol. The summed E-state index contributed by atoms with van der Waals surface area (Å²) in [5.41, 5.74) is 5.97. The highest BCUT2D eigenvalue weighted by atomic mass is 35.5. The van der Waals surface area contributed by atoms with Gasteiger partial charge in [0.25, 0.3) is 0 Å². The number of para-hydroxylation sites is 1. The number of hydrogen-bond donors (Lipinski definition) is 2. The number of aryl methyl sites for hydroxylation is 1. The minimum Gasteiger partial charge on any atom is -0.406 e. The summed E-state index contributed by atoms with van der Waals surface area (Å²) in [4.78, 5) is 11.9. The minimum atomic E-state index is -4.75. The van der Waals surface area contributed by atoms with Gasteiger partial charge < -0.3 is 15.8 Å². The molecular formula is C16H24ClF3N2O2. The lowest BCUT2D eigenvalue weighted by molar-refractivity contribution is -0.274. The SMILES string of the molecule is CCC(N)(CC)CNC(=O)CCc1ccccc1OC(F)(F)F.Cl. The Morgan fingerprint density at radius 1 is 1.21 bits per heavy atom. The summed E-state index contributed by atoms with van der Waals surface area (Å²) in [6.45, 7) is 4.24. The second-order valence-electron chi connectivity index (χ2n) is 5.50. The summed E-state index contributed by atoms with van der Waals surface area (Å²) in [6.07, 6.45) is -3.06. The number of nitrogens with two attached hydrogens (primary N) is 1. The van der Waals surface area contributed by atoms with E-state index in [1.165, 1.54) is 18.2 Å². The number of benzene rings is 1. The van der Waals surface area contributed by atoms with Gasteiger partial charge in [-0.05, 0) is 30.9 Å². The molecule has 0 unspecified atom stereocenters. The highest BCUT2D eigenvalue weighted by Gasteiger charge is 2.32. The third-order valence-corrected chi connectivity index (χ3v) is 3.87. The quantitative estimate of drug-likeness (QED) is 0.737. The van der Waals surface area contributed by atoms with E-state index < -0.39 is 11.9 Å². The van der Waals surface area contributed by atoms with E-state index in [9.17, 15) is 18.0 Å². The van der Waals surface area contributed by atoms with E-state index >= 15 is 0 Å². The molecule has 0 aliphatic carbocycles. The van der Waals surface area contributed by atoms with Crippen LogP contribution in [0.4, 0.5) is 13.2 Å². The van der Waals surface area contributed by atoms with Gasteiger partial charge >= 0.3 is 6.36 Å². The van der Waals surface area contributed by atoms with Crippen LogP contribution in [0.2, 0.25) is 0 Å². The third kappa shape index (κ3) is 7.88. The van der Waals surface area contributed by atoms with E-state index in [2.05, 4.69) is 10.1 Å². The van der Waals surface area contributed by atoms with Gasteiger partial charge in [0, 0.05) is 18.5 Å². The van der Waals surface area contributed by atoms with Crippen molar-refractivity contribution in [2.75, 3.05) is 6.54 Å². The van der Waals surface area contributed by atoms with Gasteiger partial charge in [-0.3, -0.25) is 4.79 Å². The maximum absolute atomic E-state index is 12.3. The Kier molecular flexibility index (Phi) is 9.14. The van der Waals surface area contributed by atoms with Crippen molar-refractivity contribution in [3.63, 3.8) is 0 Å². The van der Waals surface area contributed by atoms with Gasteiger partial charge in [0.1, 0.15) is 5.75 Å². The molecule has 0 radical (unpaired) electrons. The zero-order valence-electron chi connectivity index (χ0n) is 13.8. The molecule has 1 rings (SSSR count). The lowest BCUT2D eigenvalue weighted by Gasteiger charge is -2.26. The molecule has 0 aromatic heterocycles. The first-order valence-corrected chi connectivity index (χ1v) is 7.58. The van der Waals surface area contributed by atoms with Crippen LogP contribution in [-0.2, 0) is 11.2 Å². The second kappa shape index (κ2) is 9.74. The molecule has 3 N–H and O–H groups in total. The number of carbonyl (C=O) groups is 1. The molecule has 0 saturated carbocycles. The standard InChI is InChI=1S/C16H23F3N2O2.ClH/c1-3-15(20,4-2)11-21-14(22)10-9-12-7-5-6-8-13(12)23-16(17,18)19;/h5-8H,3-4,9-11,20H2,1-2H3,(H,21,22);1H. The van der Waals surface area contributed by atoms with Crippen LogP contribution in [0.15, 0.2) is 24.3 Å². The molecule has 0 spiro atoms. The molecule has 0 heterocycles. The normalized spacial score (nSPS) is 11.6. The van der Waals surface area contributed by atoms with Crippen LogP contribution >= 0.6 is 12.4 Å². The first-order chi connectivity index (χ1) is 10.7. The summed E-state index contributed by atoms with van der Waals surface area (Å²) >= 11 is 0. The third-order valence-electron chi connectivity index (χ3n) is 3.87. The average molecular weight is 369 g/mol. The number of carbonyl (C=O) groups excluding carboxylic acids is 1. The summed E-state index contributed by atoms with van der Waals surface area (Å²) in [6, 6.07) is 5.81. The smallest absolute Gasteiger partial charge is 0.406 e. The molecular weight excluding hydrogens is 345 g/mol. The van der Waals surface area contributed by atoms with Crippen LogP contribution in [0, 0.1) is 0 Å². The maximum atomic E-state index is 12.3. The van der Waals surface area contributed by atoms with E-state index in [1.807, 2.05) is 13.8 Å². The summed E-state index contributed by atoms with van der Waals surface area (Å²) in [5.74, 6) is -0.522. The van der Waals surface area contributed by atoms with Crippen LogP contribution in [0.1, 0.15) is 38.7 Å². The largest absolute Gasteiger partial charge is 0.573 e. The van der Waals surface area contributed by atoms with Crippen molar-refractivity contribution >= 4 is 18.3 Å². The Bertz CT molecular complexity index is 520. The summed E-state index contributed by atoms with van der Waals surface area (Å²) < 4.78 is 41.0. The first-order valence-electron chi connectivity index (χ1n) is 7.58. The number of halogens is 4. The Labute approximate surface area is 146 Å². The molecule has 24 heavy (non-hydrogen) atoms. The average Bonchev–Trinajstić information content (AvgIpc) is 2.50. The molecule has 4 nitrogen and oxygen atoms in total. The number of alkyl halides is 3. The fraction of sp³-hybridized carbons (Fsp3) is 0.562. The van der Waals surface area contributed by atoms with E-state index in [4.69, 9.17) is 5.73 Å². The molecule has 0 bridgehead atoms. The van der Waals surface area contributed by atoms with Gasteiger partial charge in [-0.15, -0.1) is 25.6 Å². The molecule has 0 aliphatic rings. The summed E-state index contributed by atoms with van der Waals surface area (Å²) in [7, 11) is 0. The topological polar surface area (TPSA) is 64.3 Å². The predicted octanol–water partition coefficient (Wildman–Crippen LogP) is 3.57. The van der Waals surface area contributed by atoms with Crippen molar-refractivity contribution in [3.8, 4) is 5.75 Å². The Balaban J connectivity index is 0.00000529. The number of ether oxygens (including phenoxy) is 1. The van der Waals surface area contributed by atoms with Crippen molar-refractivity contribution in [2.45, 2.75) is 51.4 Å². The van der Waals surface area contributed by atoms with Crippen molar-refractivity contribution < 1.29 is 22.7 Å². The monoisotopic (exact) mass is 368 g/mol. The number of rotatable bonds is 8. The lowest BCUT2D eigenvalue weighted by atomic mass is 9.94. The van der Waals surface area contributed by atoms with Crippen molar-refractivity contribution in [1.82, 2.24) is 5.32 Å². The Morgan fingerprint density at radius 3 is 2.33 bits per heavy atom.